The van der Waals surface area contributed by atoms with Gasteiger partial charge in [-0.2, -0.15) is 0 Å². The molecule has 2 aromatic rings. The molecule has 0 fully saturated rings. The van der Waals surface area contributed by atoms with Gasteiger partial charge in [0, 0.05) is 30.2 Å². The minimum atomic E-state index is 0.0312. The number of aliphatic imine (C=N–C) groups is 1. The Hall–Kier alpha value is -2.34. The first-order valence-corrected chi connectivity index (χ1v) is 9.27. The van der Waals surface area contributed by atoms with E-state index in [-0.39, 0.29) is 5.91 Å². The number of anilines is 1. The summed E-state index contributed by atoms with van der Waals surface area (Å²) >= 11 is 3.50. The molecule has 6 heteroatoms. The van der Waals surface area contributed by atoms with E-state index in [4.69, 9.17) is 5.73 Å². The van der Waals surface area contributed by atoms with Crippen LogP contribution in [0.25, 0.3) is 0 Å². The molecule has 0 aliphatic carbocycles. The molecule has 0 aliphatic rings. The highest BCUT2D eigenvalue weighted by Gasteiger charge is 2.10. The Bertz CT molecular complexity index is 784. The van der Waals surface area contributed by atoms with E-state index < -0.39 is 0 Å². The number of halogens is 1. The average Bonchev–Trinajstić information content (AvgIpc) is 2.55. The zero-order valence-corrected chi connectivity index (χ0v) is 17.0. The summed E-state index contributed by atoms with van der Waals surface area (Å²) in [5.74, 6) is 0.347. The lowest BCUT2D eigenvalue weighted by atomic mass is 10.1. The third-order valence-electron chi connectivity index (χ3n) is 3.89. The molecule has 0 radical (unpaired) electrons. The van der Waals surface area contributed by atoms with Gasteiger partial charge < -0.3 is 16.0 Å². The molecule has 1 amide bonds. The lowest BCUT2D eigenvalue weighted by Crippen LogP contribution is -2.28. The van der Waals surface area contributed by atoms with Crippen molar-refractivity contribution in [3.05, 3.63) is 63.6 Å². The van der Waals surface area contributed by atoms with Crippen molar-refractivity contribution in [3.8, 4) is 0 Å². The van der Waals surface area contributed by atoms with E-state index in [2.05, 4.69) is 32.3 Å². The molecular formula is C20H25BrN4O. The number of carbonyl (C=O) groups is 1. The van der Waals surface area contributed by atoms with E-state index in [1.54, 1.807) is 11.9 Å². The Labute approximate surface area is 163 Å². The number of hydrogen-bond donors (Lipinski definition) is 2. The molecule has 2 aromatic carbocycles. The lowest BCUT2D eigenvalue weighted by molar-refractivity contribution is -0.130. The van der Waals surface area contributed by atoms with Crippen LogP contribution in [0.15, 0.2) is 51.9 Å². The van der Waals surface area contributed by atoms with Gasteiger partial charge in [-0.3, -0.25) is 9.79 Å². The summed E-state index contributed by atoms with van der Waals surface area (Å²) in [6.07, 6.45) is 0.316. The fourth-order valence-corrected chi connectivity index (χ4v) is 3.08. The van der Waals surface area contributed by atoms with Crippen LogP contribution in [0, 0.1) is 13.8 Å². The predicted octanol–water partition coefficient (Wildman–Crippen LogP) is 3.84. The molecule has 138 valence electrons. The monoisotopic (exact) mass is 416 g/mol. The van der Waals surface area contributed by atoms with Gasteiger partial charge in [0.25, 0.3) is 0 Å². The number of nitrogens with zero attached hydrogens (tertiary/aromatic N) is 2. The summed E-state index contributed by atoms with van der Waals surface area (Å²) in [6, 6.07) is 14.0. The van der Waals surface area contributed by atoms with Gasteiger partial charge in [0.1, 0.15) is 0 Å². The molecule has 0 bridgehead atoms. The van der Waals surface area contributed by atoms with E-state index >= 15 is 0 Å². The predicted molar refractivity (Wildman–Crippen MR) is 111 cm³/mol. The molecule has 0 saturated heterocycles. The van der Waals surface area contributed by atoms with Crippen molar-refractivity contribution in [3.63, 3.8) is 0 Å². The highest BCUT2D eigenvalue weighted by molar-refractivity contribution is 9.10. The van der Waals surface area contributed by atoms with Crippen LogP contribution in [0.2, 0.25) is 0 Å². The molecule has 0 spiro atoms. The van der Waals surface area contributed by atoms with Crippen molar-refractivity contribution < 1.29 is 4.79 Å². The molecule has 0 saturated carbocycles. The highest BCUT2D eigenvalue weighted by Crippen LogP contribution is 2.17. The van der Waals surface area contributed by atoms with E-state index in [0.717, 1.165) is 26.9 Å². The van der Waals surface area contributed by atoms with Gasteiger partial charge in [0.15, 0.2) is 5.96 Å². The third kappa shape index (κ3) is 6.19. The smallest absolute Gasteiger partial charge is 0.224 e. The fraction of sp³-hybridized carbons (Fsp3) is 0.300. The van der Waals surface area contributed by atoms with E-state index in [1.807, 2.05) is 50.2 Å². The maximum absolute atomic E-state index is 12.3. The first-order valence-electron chi connectivity index (χ1n) is 8.48. The minimum Gasteiger partial charge on any atom is -0.370 e. The van der Waals surface area contributed by atoms with Crippen LogP contribution in [0.5, 0.6) is 0 Å². The maximum Gasteiger partial charge on any atom is 0.224 e. The number of aryl methyl sites for hydroxylation is 2. The van der Waals surface area contributed by atoms with Crippen molar-refractivity contribution in [2.24, 2.45) is 10.7 Å². The molecule has 0 aliphatic heterocycles. The lowest BCUT2D eigenvalue weighted by Gasteiger charge is -2.17. The number of rotatable bonds is 6. The van der Waals surface area contributed by atoms with Gasteiger partial charge >= 0.3 is 0 Å². The van der Waals surface area contributed by atoms with Gasteiger partial charge in [0.05, 0.1) is 6.54 Å². The van der Waals surface area contributed by atoms with Gasteiger partial charge in [-0.25, -0.2) is 0 Å². The molecule has 2 rings (SSSR count). The number of hydrogen-bond acceptors (Lipinski definition) is 2. The second-order valence-electron chi connectivity index (χ2n) is 6.36. The minimum absolute atomic E-state index is 0.0312. The molecule has 5 nitrogen and oxygen atoms in total. The number of benzene rings is 2. The van der Waals surface area contributed by atoms with Gasteiger partial charge in [-0.1, -0.05) is 40.2 Å². The van der Waals surface area contributed by atoms with E-state index in [0.29, 0.717) is 25.5 Å². The summed E-state index contributed by atoms with van der Waals surface area (Å²) < 4.78 is 1.000. The summed E-state index contributed by atoms with van der Waals surface area (Å²) in [6.45, 7) is 4.97. The van der Waals surface area contributed by atoms with Crippen molar-refractivity contribution >= 4 is 33.5 Å². The normalized spacial score (nSPS) is 11.3. The van der Waals surface area contributed by atoms with Crippen molar-refractivity contribution in [1.29, 1.82) is 0 Å². The first kappa shape index (κ1) is 20.0. The topological polar surface area (TPSA) is 70.7 Å². The maximum atomic E-state index is 12.3. The van der Waals surface area contributed by atoms with Gasteiger partial charge in [-0.05, 0) is 48.7 Å². The summed E-state index contributed by atoms with van der Waals surface area (Å²) in [5, 5.41) is 3.07. The Morgan fingerprint density at radius 1 is 1.19 bits per heavy atom. The van der Waals surface area contributed by atoms with E-state index in [9.17, 15) is 4.79 Å². The average molecular weight is 417 g/mol. The quantitative estimate of drug-likeness (QED) is 0.554. The molecule has 0 unspecified atom stereocenters. The Balaban J connectivity index is 1.84. The largest absolute Gasteiger partial charge is 0.370 e. The van der Waals surface area contributed by atoms with Crippen LogP contribution in [0.1, 0.15) is 23.1 Å². The van der Waals surface area contributed by atoms with Crippen molar-refractivity contribution in [2.75, 3.05) is 18.9 Å². The Kier molecular flexibility index (Phi) is 7.21. The van der Waals surface area contributed by atoms with Crippen molar-refractivity contribution in [1.82, 2.24) is 4.90 Å². The Morgan fingerprint density at radius 3 is 2.50 bits per heavy atom. The van der Waals surface area contributed by atoms with Crippen LogP contribution >= 0.6 is 15.9 Å². The fourth-order valence-electron chi connectivity index (χ4n) is 2.67. The SMILES string of the molecule is Cc1cc(C)cc(NC(N)=NCCC(=O)N(C)Cc2ccccc2Br)c1. The molecule has 3 N–H and O–H groups in total. The second kappa shape index (κ2) is 9.38. The summed E-state index contributed by atoms with van der Waals surface area (Å²) in [4.78, 5) is 18.2. The Morgan fingerprint density at radius 2 is 1.85 bits per heavy atom. The van der Waals surface area contributed by atoms with Crippen LogP contribution in [0.4, 0.5) is 5.69 Å². The van der Waals surface area contributed by atoms with Gasteiger partial charge in [0.2, 0.25) is 5.91 Å². The third-order valence-corrected chi connectivity index (χ3v) is 4.67. The molecule has 26 heavy (non-hydrogen) atoms. The highest BCUT2D eigenvalue weighted by atomic mass is 79.9. The number of nitrogens with one attached hydrogen (secondary N) is 1. The van der Waals surface area contributed by atoms with Crippen molar-refractivity contribution in [2.45, 2.75) is 26.8 Å². The number of guanidine groups is 1. The molecular weight excluding hydrogens is 392 g/mol. The number of carbonyl (C=O) groups excluding carboxylic acids is 1. The first-order chi connectivity index (χ1) is 12.3. The molecule has 0 atom stereocenters. The number of nitrogens with two attached hydrogens (primary N) is 1. The zero-order chi connectivity index (χ0) is 19.1. The standard InChI is InChI=1S/C20H25BrN4O/c1-14-10-15(2)12-17(11-14)24-20(22)23-9-8-19(26)25(3)13-16-6-4-5-7-18(16)21/h4-7,10-12H,8-9,13H2,1-3H3,(H3,22,23,24). The molecule has 0 aromatic heterocycles. The van der Waals surface area contributed by atoms with Crippen LogP contribution in [-0.2, 0) is 11.3 Å². The van der Waals surface area contributed by atoms with Gasteiger partial charge in [-0.15, -0.1) is 0 Å². The van der Waals surface area contributed by atoms with Crippen LogP contribution < -0.4 is 11.1 Å². The van der Waals surface area contributed by atoms with Crippen LogP contribution in [-0.4, -0.2) is 30.4 Å². The summed E-state index contributed by atoms with van der Waals surface area (Å²) in [5.41, 5.74) is 10.2. The van der Waals surface area contributed by atoms with E-state index in [1.165, 1.54) is 0 Å². The summed E-state index contributed by atoms with van der Waals surface area (Å²) in [7, 11) is 1.79. The number of amides is 1. The van der Waals surface area contributed by atoms with Crippen LogP contribution in [0.3, 0.4) is 0 Å². The molecule has 0 heterocycles. The zero-order valence-electron chi connectivity index (χ0n) is 15.4. The second-order valence-corrected chi connectivity index (χ2v) is 7.21.